The van der Waals surface area contributed by atoms with E-state index < -0.39 is 0 Å². The molecular formula is C18H22N2. The fourth-order valence-electron chi connectivity index (χ4n) is 3.46. The summed E-state index contributed by atoms with van der Waals surface area (Å²) in [5, 5.41) is 3.43. The lowest BCUT2D eigenvalue weighted by Crippen LogP contribution is -2.47. The summed E-state index contributed by atoms with van der Waals surface area (Å²) in [5.41, 5.74) is 4.00. The summed E-state index contributed by atoms with van der Waals surface area (Å²) >= 11 is 0. The predicted molar refractivity (Wildman–Crippen MR) is 83.7 cm³/mol. The van der Waals surface area contributed by atoms with Gasteiger partial charge < -0.3 is 5.32 Å². The summed E-state index contributed by atoms with van der Waals surface area (Å²) in [5.74, 6) is 1.51. The van der Waals surface area contributed by atoms with Crippen molar-refractivity contribution in [2.75, 3.05) is 7.05 Å². The van der Waals surface area contributed by atoms with Crippen LogP contribution in [0, 0.1) is 5.92 Å². The fourth-order valence-corrected chi connectivity index (χ4v) is 3.46. The Balaban J connectivity index is 1.77. The Morgan fingerprint density at radius 3 is 2.30 bits per heavy atom. The van der Waals surface area contributed by atoms with Crippen LogP contribution in [0.3, 0.4) is 0 Å². The van der Waals surface area contributed by atoms with Gasteiger partial charge in [-0.2, -0.15) is 0 Å². The Labute approximate surface area is 121 Å². The minimum Gasteiger partial charge on any atom is -0.317 e. The van der Waals surface area contributed by atoms with Crippen LogP contribution >= 0.6 is 0 Å². The number of nitrogens with one attached hydrogen (secondary N) is 1. The summed E-state index contributed by atoms with van der Waals surface area (Å²) in [7, 11) is 2.08. The maximum atomic E-state index is 4.07. The minimum atomic E-state index is 0.699. The maximum Gasteiger partial charge on any atom is 0.0273 e. The molecule has 0 radical (unpaired) electrons. The summed E-state index contributed by atoms with van der Waals surface area (Å²) in [4.78, 5) is 4.07. The number of benzene rings is 1. The van der Waals surface area contributed by atoms with E-state index in [-0.39, 0.29) is 0 Å². The van der Waals surface area contributed by atoms with Crippen molar-refractivity contribution in [2.24, 2.45) is 5.92 Å². The largest absolute Gasteiger partial charge is 0.317 e. The van der Waals surface area contributed by atoms with Gasteiger partial charge in [0.15, 0.2) is 0 Å². The van der Waals surface area contributed by atoms with Crippen LogP contribution in [0.15, 0.2) is 48.8 Å². The average Bonchev–Trinajstić information content (AvgIpc) is 2.49. The van der Waals surface area contributed by atoms with E-state index in [1.807, 2.05) is 12.4 Å². The summed E-state index contributed by atoms with van der Waals surface area (Å²) in [6.45, 7) is 2.30. The van der Waals surface area contributed by atoms with Crippen molar-refractivity contribution in [1.82, 2.24) is 10.3 Å². The first kappa shape index (κ1) is 13.3. The molecule has 2 nitrogen and oxygen atoms in total. The second kappa shape index (κ2) is 5.76. The second-order valence-corrected chi connectivity index (χ2v) is 5.67. The van der Waals surface area contributed by atoms with Crippen molar-refractivity contribution in [2.45, 2.75) is 31.7 Å². The molecule has 0 amide bonds. The van der Waals surface area contributed by atoms with Crippen molar-refractivity contribution < 1.29 is 0 Å². The highest BCUT2D eigenvalue weighted by molar-refractivity contribution is 5.63. The third-order valence-electron chi connectivity index (χ3n) is 4.74. The van der Waals surface area contributed by atoms with Gasteiger partial charge in [0.25, 0.3) is 0 Å². The second-order valence-electron chi connectivity index (χ2n) is 5.67. The molecule has 2 heteroatoms. The van der Waals surface area contributed by atoms with Gasteiger partial charge in [0.1, 0.15) is 0 Å². The molecule has 1 aromatic carbocycles. The highest BCUT2D eigenvalue weighted by Gasteiger charge is 2.39. The first-order valence-corrected chi connectivity index (χ1v) is 7.51. The number of pyridine rings is 1. The first-order chi connectivity index (χ1) is 9.83. The van der Waals surface area contributed by atoms with Gasteiger partial charge in [-0.05, 0) is 54.1 Å². The van der Waals surface area contributed by atoms with Gasteiger partial charge in [-0.1, -0.05) is 37.6 Å². The topological polar surface area (TPSA) is 24.9 Å². The van der Waals surface area contributed by atoms with Crippen molar-refractivity contribution >= 4 is 0 Å². The van der Waals surface area contributed by atoms with E-state index in [1.54, 1.807) is 0 Å². The minimum absolute atomic E-state index is 0.699. The Morgan fingerprint density at radius 1 is 1.05 bits per heavy atom. The van der Waals surface area contributed by atoms with Crippen molar-refractivity contribution in [3.63, 3.8) is 0 Å². The van der Waals surface area contributed by atoms with E-state index in [9.17, 15) is 0 Å². The van der Waals surface area contributed by atoms with E-state index >= 15 is 0 Å². The zero-order valence-corrected chi connectivity index (χ0v) is 12.2. The molecule has 2 aromatic rings. The van der Waals surface area contributed by atoms with Crippen LogP contribution in [0.25, 0.3) is 11.1 Å². The highest BCUT2D eigenvalue weighted by Crippen LogP contribution is 2.44. The lowest BCUT2D eigenvalue weighted by Gasteiger charge is -2.45. The van der Waals surface area contributed by atoms with Crippen LogP contribution in [-0.4, -0.2) is 18.1 Å². The molecule has 0 bridgehead atoms. The number of nitrogens with zero attached hydrogens (tertiary/aromatic N) is 1. The molecule has 1 aliphatic rings. The van der Waals surface area contributed by atoms with Crippen LogP contribution in [0.2, 0.25) is 0 Å². The standard InChI is InChI=1S/C18H22N2/c1-3-16-17(12-18(16)19-2)15-6-4-13(5-7-15)14-8-10-20-11-9-14/h4-11,16-19H,3,12H2,1-2H3. The van der Waals surface area contributed by atoms with Gasteiger partial charge in [-0.3, -0.25) is 4.98 Å². The fraction of sp³-hybridized carbons (Fsp3) is 0.389. The summed E-state index contributed by atoms with van der Waals surface area (Å²) < 4.78 is 0. The van der Waals surface area contributed by atoms with E-state index in [1.165, 1.54) is 29.5 Å². The van der Waals surface area contributed by atoms with Crippen molar-refractivity contribution in [3.05, 3.63) is 54.4 Å². The van der Waals surface area contributed by atoms with E-state index in [4.69, 9.17) is 0 Å². The molecular weight excluding hydrogens is 244 g/mol. The molecule has 3 atom stereocenters. The third kappa shape index (κ3) is 2.36. The molecule has 0 aliphatic heterocycles. The molecule has 1 heterocycles. The first-order valence-electron chi connectivity index (χ1n) is 7.51. The van der Waals surface area contributed by atoms with Crippen LogP contribution < -0.4 is 5.32 Å². The molecule has 0 saturated heterocycles. The molecule has 1 fully saturated rings. The molecule has 3 rings (SSSR count). The number of hydrogen-bond acceptors (Lipinski definition) is 2. The lowest BCUT2D eigenvalue weighted by molar-refractivity contribution is 0.169. The molecule has 20 heavy (non-hydrogen) atoms. The van der Waals surface area contributed by atoms with E-state index in [0.717, 1.165) is 11.8 Å². The van der Waals surface area contributed by atoms with E-state index in [2.05, 4.69) is 60.7 Å². The third-order valence-corrected chi connectivity index (χ3v) is 4.74. The quantitative estimate of drug-likeness (QED) is 0.909. The summed E-state index contributed by atoms with van der Waals surface area (Å²) in [6.07, 6.45) is 6.21. The number of aromatic nitrogens is 1. The van der Waals surface area contributed by atoms with Gasteiger partial charge in [0.2, 0.25) is 0 Å². The molecule has 1 N–H and O–H groups in total. The molecule has 3 unspecified atom stereocenters. The molecule has 1 saturated carbocycles. The molecule has 1 aromatic heterocycles. The van der Waals surface area contributed by atoms with Gasteiger partial charge in [-0.25, -0.2) is 0 Å². The van der Waals surface area contributed by atoms with Crippen molar-refractivity contribution in [1.29, 1.82) is 0 Å². The van der Waals surface area contributed by atoms with Crippen LogP contribution in [0.5, 0.6) is 0 Å². The Hall–Kier alpha value is -1.67. The average molecular weight is 266 g/mol. The van der Waals surface area contributed by atoms with Gasteiger partial charge in [0, 0.05) is 18.4 Å². The normalized spacial score (nSPS) is 25.2. The number of rotatable bonds is 4. The SMILES string of the molecule is CCC1C(NC)CC1c1ccc(-c2ccncc2)cc1. The van der Waals surface area contributed by atoms with Crippen LogP contribution in [-0.2, 0) is 0 Å². The van der Waals surface area contributed by atoms with Crippen molar-refractivity contribution in [3.8, 4) is 11.1 Å². The van der Waals surface area contributed by atoms with Gasteiger partial charge in [0.05, 0.1) is 0 Å². The predicted octanol–water partition coefficient (Wildman–Crippen LogP) is 3.85. The van der Waals surface area contributed by atoms with Gasteiger partial charge >= 0.3 is 0 Å². The van der Waals surface area contributed by atoms with Crippen LogP contribution in [0.1, 0.15) is 31.2 Å². The Morgan fingerprint density at radius 2 is 1.70 bits per heavy atom. The molecule has 1 aliphatic carbocycles. The smallest absolute Gasteiger partial charge is 0.0273 e. The Bertz CT molecular complexity index is 547. The zero-order valence-electron chi connectivity index (χ0n) is 12.2. The molecule has 0 spiro atoms. The highest BCUT2D eigenvalue weighted by atomic mass is 14.9. The zero-order chi connectivity index (χ0) is 13.9. The Kier molecular flexibility index (Phi) is 3.83. The monoisotopic (exact) mass is 266 g/mol. The number of hydrogen-bond donors (Lipinski definition) is 1. The van der Waals surface area contributed by atoms with Crippen LogP contribution in [0.4, 0.5) is 0 Å². The maximum absolute atomic E-state index is 4.07. The molecule has 104 valence electrons. The summed E-state index contributed by atoms with van der Waals surface area (Å²) in [6, 6.07) is 13.9. The van der Waals surface area contributed by atoms with Gasteiger partial charge in [-0.15, -0.1) is 0 Å². The lowest BCUT2D eigenvalue weighted by atomic mass is 9.65. The van der Waals surface area contributed by atoms with E-state index in [0.29, 0.717) is 6.04 Å².